The number of aromatic nitrogens is 1. The fourth-order valence-corrected chi connectivity index (χ4v) is 0.597. The van der Waals surface area contributed by atoms with Gasteiger partial charge in [0.05, 0.1) is 5.56 Å². The number of carbonyl (C=O) groups is 1. The monoisotopic (exact) mass is 137 g/mol. The zero-order valence-corrected chi connectivity index (χ0v) is 5.24. The molecule has 0 spiro atoms. The van der Waals surface area contributed by atoms with Crippen molar-refractivity contribution in [1.29, 1.82) is 0 Å². The van der Waals surface area contributed by atoms with E-state index >= 15 is 0 Å². The molecule has 0 saturated heterocycles. The quantitative estimate of drug-likeness (QED) is 0.536. The number of nitrogens with zero attached hydrogens (tertiary/aromatic N) is 1. The lowest BCUT2D eigenvalue weighted by molar-refractivity contribution is 0.112. The molecule has 0 unspecified atom stereocenters. The summed E-state index contributed by atoms with van der Waals surface area (Å²) in [7, 11) is 0. The lowest BCUT2D eigenvalue weighted by Gasteiger charge is -1.96. The fourth-order valence-electron chi connectivity index (χ4n) is 0.597. The molecule has 0 atom stereocenters. The Bertz CT molecular complexity index is 259. The van der Waals surface area contributed by atoms with Crippen LogP contribution in [0.3, 0.4) is 0 Å². The predicted molar refractivity (Wildman–Crippen MR) is 38.4 cm³/mol. The van der Waals surface area contributed by atoms with Crippen molar-refractivity contribution in [1.82, 2.24) is 4.98 Å². The van der Waals surface area contributed by atoms with Crippen LogP contribution in [0.5, 0.6) is 0 Å². The van der Waals surface area contributed by atoms with Crippen molar-refractivity contribution < 1.29 is 4.79 Å². The summed E-state index contributed by atoms with van der Waals surface area (Å²) < 4.78 is 0. The molecular weight excluding hydrogens is 130 g/mol. The highest BCUT2D eigenvalue weighted by Gasteiger charge is 1.96. The van der Waals surface area contributed by atoms with Crippen LogP contribution in [-0.2, 0) is 0 Å². The van der Waals surface area contributed by atoms with E-state index in [4.69, 9.17) is 11.5 Å². The van der Waals surface area contributed by atoms with E-state index in [1.807, 2.05) is 0 Å². The number of anilines is 2. The van der Waals surface area contributed by atoms with Crippen molar-refractivity contribution >= 4 is 17.8 Å². The molecule has 4 nitrogen and oxygen atoms in total. The van der Waals surface area contributed by atoms with Gasteiger partial charge in [0.1, 0.15) is 5.82 Å². The summed E-state index contributed by atoms with van der Waals surface area (Å²) in [6.45, 7) is 0. The second kappa shape index (κ2) is 2.34. The van der Waals surface area contributed by atoms with E-state index in [2.05, 4.69) is 4.98 Å². The van der Waals surface area contributed by atoms with Gasteiger partial charge in [-0.1, -0.05) is 0 Å². The van der Waals surface area contributed by atoms with Gasteiger partial charge in [0.25, 0.3) is 0 Å². The van der Waals surface area contributed by atoms with E-state index in [0.717, 1.165) is 0 Å². The molecule has 0 amide bonds. The SMILES string of the molecule is Nc1cc(N)c(C=O)cn1. The van der Waals surface area contributed by atoms with E-state index in [9.17, 15) is 4.79 Å². The Morgan fingerprint density at radius 2 is 2.20 bits per heavy atom. The Labute approximate surface area is 57.9 Å². The normalized spacial score (nSPS) is 9.20. The summed E-state index contributed by atoms with van der Waals surface area (Å²) in [4.78, 5) is 13.9. The number of nitrogen functional groups attached to an aromatic ring is 2. The van der Waals surface area contributed by atoms with Gasteiger partial charge in [0.2, 0.25) is 0 Å². The van der Waals surface area contributed by atoms with Gasteiger partial charge in [0.15, 0.2) is 6.29 Å². The first kappa shape index (κ1) is 6.54. The molecular formula is C6H7N3O. The number of aldehydes is 1. The smallest absolute Gasteiger partial charge is 0.153 e. The molecule has 1 rings (SSSR count). The van der Waals surface area contributed by atoms with Crippen LogP contribution in [0.25, 0.3) is 0 Å². The van der Waals surface area contributed by atoms with Crippen molar-refractivity contribution in [2.75, 3.05) is 11.5 Å². The zero-order valence-electron chi connectivity index (χ0n) is 5.24. The maximum Gasteiger partial charge on any atom is 0.153 e. The van der Waals surface area contributed by atoms with Gasteiger partial charge in [-0.05, 0) is 0 Å². The third-order valence-corrected chi connectivity index (χ3v) is 1.12. The predicted octanol–water partition coefficient (Wildman–Crippen LogP) is 0.0585. The molecule has 4 N–H and O–H groups in total. The highest BCUT2D eigenvalue weighted by molar-refractivity contribution is 5.83. The summed E-state index contributed by atoms with van der Waals surface area (Å²) in [6, 6.07) is 1.45. The van der Waals surface area contributed by atoms with E-state index in [0.29, 0.717) is 23.4 Å². The standard InChI is InChI=1S/C6H7N3O/c7-5-1-6(8)9-2-4(5)3-10/h1-3H,(H4,7,8,9). The minimum Gasteiger partial charge on any atom is -0.398 e. The molecule has 52 valence electrons. The third kappa shape index (κ3) is 1.05. The third-order valence-electron chi connectivity index (χ3n) is 1.12. The maximum atomic E-state index is 10.2. The highest BCUT2D eigenvalue weighted by Crippen LogP contribution is 2.09. The molecule has 0 radical (unpaired) electrons. The Hall–Kier alpha value is -1.58. The van der Waals surface area contributed by atoms with Gasteiger partial charge in [-0.3, -0.25) is 4.79 Å². The Morgan fingerprint density at radius 3 is 2.70 bits per heavy atom. The van der Waals surface area contributed by atoms with Crippen LogP contribution in [0.15, 0.2) is 12.3 Å². The van der Waals surface area contributed by atoms with E-state index in [-0.39, 0.29) is 0 Å². The van der Waals surface area contributed by atoms with Crippen molar-refractivity contribution in [3.05, 3.63) is 17.8 Å². The number of pyridine rings is 1. The molecule has 10 heavy (non-hydrogen) atoms. The van der Waals surface area contributed by atoms with Gasteiger partial charge >= 0.3 is 0 Å². The number of carbonyl (C=O) groups excluding carboxylic acids is 1. The minimum atomic E-state index is 0.322. The molecule has 0 aromatic carbocycles. The van der Waals surface area contributed by atoms with Crippen molar-refractivity contribution in [2.45, 2.75) is 0 Å². The lowest BCUT2D eigenvalue weighted by Crippen LogP contribution is -1.97. The van der Waals surface area contributed by atoms with Crippen LogP contribution in [0.4, 0.5) is 11.5 Å². The summed E-state index contributed by atoms with van der Waals surface area (Å²) in [6.07, 6.45) is 1.99. The van der Waals surface area contributed by atoms with Gasteiger partial charge in [-0.25, -0.2) is 4.98 Å². The molecule has 1 aromatic rings. The summed E-state index contributed by atoms with van der Waals surface area (Å²) in [5.41, 5.74) is 11.4. The van der Waals surface area contributed by atoms with Gasteiger partial charge in [-0.2, -0.15) is 0 Å². The van der Waals surface area contributed by atoms with Gasteiger partial charge < -0.3 is 11.5 Å². The molecule has 0 aliphatic heterocycles. The zero-order chi connectivity index (χ0) is 7.56. The molecule has 0 fully saturated rings. The van der Waals surface area contributed by atoms with Crippen molar-refractivity contribution in [2.24, 2.45) is 0 Å². The Kier molecular flexibility index (Phi) is 1.53. The first-order valence-corrected chi connectivity index (χ1v) is 2.70. The van der Waals surface area contributed by atoms with Crippen LogP contribution >= 0.6 is 0 Å². The number of hydrogen-bond acceptors (Lipinski definition) is 4. The average Bonchev–Trinajstić information content (AvgIpc) is 1.88. The number of hydrogen-bond donors (Lipinski definition) is 2. The number of nitrogens with two attached hydrogens (primary N) is 2. The highest BCUT2D eigenvalue weighted by atomic mass is 16.1. The van der Waals surface area contributed by atoms with Crippen LogP contribution in [-0.4, -0.2) is 11.3 Å². The van der Waals surface area contributed by atoms with Crippen LogP contribution in [0.2, 0.25) is 0 Å². The topological polar surface area (TPSA) is 82.0 Å². The largest absolute Gasteiger partial charge is 0.398 e. The maximum absolute atomic E-state index is 10.2. The van der Waals surface area contributed by atoms with Crippen LogP contribution in [0.1, 0.15) is 10.4 Å². The Morgan fingerprint density at radius 1 is 1.50 bits per heavy atom. The molecule has 0 aliphatic rings. The van der Waals surface area contributed by atoms with E-state index in [1.54, 1.807) is 0 Å². The molecule has 1 heterocycles. The summed E-state index contributed by atoms with van der Waals surface area (Å²) in [5, 5.41) is 0. The fraction of sp³-hybridized carbons (Fsp3) is 0. The summed E-state index contributed by atoms with van der Waals surface area (Å²) in [5.74, 6) is 0.322. The Balaban J connectivity index is 3.19. The molecule has 0 aliphatic carbocycles. The summed E-state index contributed by atoms with van der Waals surface area (Å²) >= 11 is 0. The van der Waals surface area contributed by atoms with Crippen molar-refractivity contribution in [3.63, 3.8) is 0 Å². The van der Waals surface area contributed by atoms with Gasteiger partial charge in [0, 0.05) is 18.0 Å². The first-order chi connectivity index (χ1) is 4.74. The lowest BCUT2D eigenvalue weighted by atomic mass is 10.2. The van der Waals surface area contributed by atoms with E-state index < -0.39 is 0 Å². The average molecular weight is 137 g/mol. The molecule has 0 saturated carbocycles. The minimum absolute atomic E-state index is 0.322. The second-order valence-electron chi connectivity index (χ2n) is 1.86. The molecule has 1 aromatic heterocycles. The van der Waals surface area contributed by atoms with Crippen molar-refractivity contribution in [3.8, 4) is 0 Å². The van der Waals surface area contributed by atoms with Gasteiger partial charge in [-0.15, -0.1) is 0 Å². The second-order valence-corrected chi connectivity index (χ2v) is 1.86. The van der Waals surface area contributed by atoms with Crippen LogP contribution in [0, 0.1) is 0 Å². The van der Waals surface area contributed by atoms with Crippen LogP contribution < -0.4 is 11.5 Å². The molecule has 0 bridgehead atoms. The first-order valence-electron chi connectivity index (χ1n) is 2.70. The number of rotatable bonds is 1. The molecule has 4 heteroatoms. The van der Waals surface area contributed by atoms with E-state index in [1.165, 1.54) is 12.3 Å².